The van der Waals surface area contributed by atoms with Gasteiger partial charge in [-0.3, -0.25) is 19.7 Å². The molecule has 172 valence electrons. The van der Waals surface area contributed by atoms with Crippen molar-refractivity contribution >= 4 is 28.6 Å². The number of aryl methyl sites for hydroxylation is 1. The third-order valence-electron chi connectivity index (χ3n) is 6.56. The Labute approximate surface area is 197 Å². The molecule has 0 radical (unpaired) electrons. The summed E-state index contributed by atoms with van der Waals surface area (Å²) in [6.45, 7) is 3.96. The van der Waals surface area contributed by atoms with E-state index in [2.05, 4.69) is 35.2 Å². The number of aromatic nitrogens is 5. The molecule has 0 atom stereocenters. The molecule has 9 nitrogen and oxygen atoms in total. The van der Waals surface area contributed by atoms with E-state index < -0.39 is 0 Å². The van der Waals surface area contributed by atoms with Crippen LogP contribution in [0.2, 0.25) is 0 Å². The van der Waals surface area contributed by atoms with Gasteiger partial charge in [0.25, 0.3) is 5.91 Å². The molecule has 1 aromatic carbocycles. The molecule has 1 saturated heterocycles. The number of fused-ring (bicyclic) bond motifs is 1. The Morgan fingerprint density at radius 1 is 1.00 bits per heavy atom. The second-order valence-corrected chi connectivity index (χ2v) is 8.98. The highest BCUT2D eigenvalue weighted by Crippen LogP contribution is 2.28. The lowest BCUT2D eigenvalue weighted by Gasteiger charge is -2.35. The van der Waals surface area contributed by atoms with Gasteiger partial charge < -0.3 is 4.90 Å². The number of hydrogen-bond acceptors (Lipinski definition) is 7. The van der Waals surface area contributed by atoms with Gasteiger partial charge in [0, 0.05) is 74.4 Å². The third-order valence-corrected chi connectivity index (χ3v) is 6.56. The zero-order chi connectivity index (χ0) is 23.1. The van der Waals surface area contributed by atoms with Crippen LogP contribution in [-0.2, 0) is 7.05 Å². The van der Waals surface area contributed by atoms with Gasteiger partial charge in [-0.2, -0.15) is 5.10 Å². The third kappa shape index (κ3) is 4.22. The number of pyridine rings is 1. The average Bonchev–Trinajstić information content (AvgIpc) is 3.64. The summed E-state index contributed by atoms with van der Waals surface area (Å²) < 4.78 is 1.77. The van der Waals surface area contributed by atoms with Crippen LogP contribution >= 0.6 is 0 Å². The van der Waals surface area contributed by atoms with Gasteiger partial charge in [0.05, 0.1) is 11.7 Å². The van der Waals surface area contributed by atoms with Gasteiger partial charge in [-0.05, 0) is 36.6 Å². The minimum absolute atomic E-state index is 0.247. The summed E-state index contributed by atoms with van der Waals surface area (Å²) in [6.07, 6.45) is 9.85. The Hall–Kier alpha value is -3.85. The predicted molar refractivity (Wildman–Crippen MR) is 131 cm³/mol. The first kappa shape index (κ1) is 20.7. The van der Waals surface area contributed by atoms with Crippen LogP contribution in [0.1, 0.15) is 23.2 Å². The first-order valence-corrected chi connectivity index (χ1v) is 11.6. The van der Waals surface area contributed by atoms with Crippen LogP contribution < -0.4 is 10.2 Å². The predicted octanol–water partition coefficient (Wildman–Crippen LogP) is 2.96. The van der Waals surface area contributed by atoms with Crippen molar-refractivity contribution in [3.05, 3.63) is 60.7 Å². The van der Waals surface area contributed by atoms with Crippen molar-refractivity contribution in [2.45, 2.75) is 18.9 Å². The van der Waals surface area contributed by atoms with E-state index in [1.807, 2.05) is 43.7 Å². The van der Waals surface area contributed by atoms with Crippen LogP contribution in [0, 0.1) is 0 Å². The normalized spacial score (nSPS) is 16.7. The highest BCUT2D eigenvalue weighted by Gasteiger charge is 2.31. The minimum Gasteiger partial charge on any atom is -0.354 e. The van der Waals surface area contributed by atoms with Crippen molar-refractivity contribution < 1.29 is 4.79 Å². The second-order valence-electron chi connectivity index (χ2n) is 8.98. The number of anilines is 2. The van der Waals surface area contributed by atoms with Crippen molar-refractivity contribution in [2.75, 3.05) is 36.4 Å². The Morgan fingerprint density at radius 3 is 2.62 bits per heavy atom. The molecular weight excluding hydrogens is 428 g/mol. The fourth-order valence-electron chi connectivity index (χ4n) is 4.50. The molecule has 1 aliphatic heterocycles. The number of nitrogens with zero attached hydrogens (tertiary/aromatic N) is 7. The number of carbonyl (C=O) groups is 1. The number of benzene rings is 1. The monoisotopic (exact) mass is 454 g/mol. The number of rotatable bonds is 5. The topological polar surface area (TPSA) is 92.1 Å². The summed E-state index contributed by atoms with van der Waals surface area (Å²) in [5.41, 5.74) is 3.33. The van der Waals surface area contributed by atoms with Crippen LogP contribution in [0.15, 0.2) is 55.1 Å². The molecular formula is C25H26N8O. The number of carbonyl (C=O) groups excluding carboxylic acids is 1. The highest BCUT2D eigenvalue weighted by molar-refractivity contribution is 6.04. The molecule has 0 unspecified atom stereocenters. The van der Waals surface area contributed by atoms with Gasteiger partial charge in [0.2, 0.25) is 5.95 Å². The summed E-state index contributed by atoms with van der Waals surface area (Å²) in [7, 11) is 1.89. The van der Waals surface area contributed by atoms with Crippen LogP contribution in [-0.4, -0.2) is 67.8 Å². The highest BCUT2D eigenvalue weighted by atomic mass is 16.1. The van der Waals surface area contributed by atoms with E-state index in [9.17, 15) is 4.79 Å². The smallest absolute Gasteiger partial charge is 0.258 e. The maximum Gasteiger partial charge on any atom is 0.258 e. The summed E-state index contributed by atoms with van der Waals surface area (Å²) in [6, 6.07) is 10.3. The standard InChI is InChI=1S/C25H26N8O/c1-31-16-20(15-28-31)17-2-3-19-14-27-25(29-22(19)12-17)30-24(34)18-6-7-26-23(13-18)33-10-8-32(9-11-33)21-4-5-21/h2-3,6-7,12-16,21H,4-5,8-11H2,1H3,(H,27,29,30,34). The first-order chi connectivity index (χ1) is 16.6. The van der Waals surface area contributed by atoms with Crippen molar-refractivity contribution in [1.82, 2.24) is 29.6 Å². The van der Waals surface area contributed by atoms with Gasteiger partial charge in [-0.15, -0.1) is 0 Å². The van der Waals surface area contributed by atoms with Crippen molar-refractivity contribution in [1.29, 1.82) is 0 Å². The van der Waals surface area contributed by atoms with E-state index >= 15 is 0 Å². The largest absolute Gasteiger partial charge is 0.354 e. The van der Waals surface area contributed by atoms with E-state index in [1.165, 1.54) is 12.8 Å². The van der Waals surface area contributed by atoms with Crippen LogP contribution in [0.5, 0.6) is 0 Å². The molecule has 3 aromatic heterocycles. The molecule has 2 aliphatic rings. The quantitative estimate of drug-likeness (QED) is 0.496. The number of nitrogens with one attached hydrogen (secondary N) is 1. The van der Waals surface area contributed by atoms with Gasteiger partial charge in [-0.25, -0.2) is 15.0 Å². The summed E-state index contributed by atoms with van der Waals surface area (Å²) >= 11 is 0. The Morgan fingerprint density at radius 2 is 1.85 bits per heavy atom. The molecule has 6 rings (SSSR count). The molecule has 2 fully saturated rings. The molecule has 4 heterocycles. The molecule has 9 heteroatoms. The molecule has 1 amide bonds. The van der Waals surface area contributed by atoms with Gasteiger partial charge in [0.1, 0.15) is 5.82 Å². The zero-order valence-electron chi connectivity index (χ0n) is 19.1. The summed E-state index contributed by atoms with van der Waals surface area (Å²) in [5, 5.41) is 7.98. The maximum atomic E-state index is 13.0. The molecule has 1 saturated carbocycles. The van der Waals surface area contributed by atoms with Gasteiger partial charge >= 0.3 is 0 Å². The summed E-state index contributed by atoms with van der Waals surface area (Å²) in [5.74, 6) is 0.865. The van der Waals surface area contributed by atoms with E-state index in [4.69, 9.17) is 0 Å². The average molecular weight is 455 g/mol. The van der Waals surface area contributed by atoms with Crippen molar-refractivity contribution in [2.24, 2.45) is 7.05 Å². The zero-order valence-corrected chi connectivity index (χ0v) is 19.1. The van der Waals surface area contributed by atoms with E-state index in [0.717, 1.165) is 60.1 Å². The Balaban J connectivity index is 1.18. The van der Waals surface area contributed by atoms with Crippen LogP contribution in [0.4, 0.5) is 11.8 Å². The summed E-state index contributed by atoms with van der Waals surface area (Å²) in [4.78, 5) is 31.2. The van der Waals surface area contributed by atoms with Gasteiger partial charge in [0.15, 0.2) is 0 Å². The van der Waals surface area contributed by atoms with Crippen LogP contribution in [0.3, 0.4) is 0 Å². The molecule has 1 N–H and O–H groups in total. The molecule has 4 aromatic rings. The molecule has 0 spiro atoms. The van der Waals surface area contributed by atoms with Crippen molar-refractivity contribution in [3.63, 3.8) is 0 Å². The van der Waals surface area contributed by atoms with Gasteiger partial charge in [-0.1, -0.05) is 12.1 Å². The SMILES string of the molecule is Cn1cc(-c2ccc3cnc(NC(=O)c4ccnc(N5CCN(C6CC6)CC5)c4)nc3c2)cn1. The minimum atomic E-state index is -0.247. The van der Waals surface area contributed by atoms with E-state index in [0.29, 0.717) is 5.56 Å². The maximum absolute atomic E-state index is 13.0. The van der Waals surface area contributed by atoms with Crippen molar-refractivity contribution in [3.8, 4) is 11.1 Å². The van der Waals surface area contributed by atoms with Crippen LogP contribution in [0.25, 0.3) is 22.0 Å². The first-order valence-electron chi connectivity index (χ1n) is 11.6. The second kappa shape index (κ2) is 8.49. The number of amides is 1. The Kier molecular flexibility index (Phi) is 5.18. The molecule has 34 heavy (non-hydrogen) atoms. The van der Waals surface area contributed by atoms with E-state index in [-0.39, 0.29) is 11.9 Å². The lowest BCUT2D eigenvalue weighted by Crippen LogP contribution is -2.47. The Bertz CT molecular complexity index is 1350. The molecule has 1 aliphatic carbocycles. The number of piperazine rings is 1. The lowest BCUT2D eigenvalue weighted by molar-refractivity contribution is 0.102. The fourth-order valence-corrected chi connectivity index (χ4v) is 4.50. The number of hydrogen-bond donors (Lipinski definition) is 1. The molecule has 0 bridgehead atoms. The van der Waals surface area contributed by atoms with E-state index in [1.54, 1.807) is 23.1 Å². The lowest BCUT2D eigenvalue weighted by atomic mass is 10.1. The fraction of sp³-hybridized carbons (Fsp3) is 0.320.